The van der Waals surface area contributed by atoms with E-state index in [9.17, 15) is 13.2 Å². The Hall–Kier alpha value is -1.98. The maximum atomic E-state index is 12.6. The molecule has 0 spiro atoms. The van der Waals surface area contributed by atoms with E-state index in [0.29, 0.717) is 11.3 Å². The van der Waals surface area contributed by atoms with Crippen molar-refractivity contribution in [2.24, 2.45) is 7.05 Å². The summed E-state index contributed by atoms with van der Waals surface area (Å²) in [6.45, 7) is 0. The predicted octanol–water partition coefficient (Wildman–Crippen LogP) is 2.69. The zero-order chi connectivity index (χ0) is 12.6. The Balaban J connectivity index is 2.57. The molecule has 1 aromatic heterocycles. The number of aromatic nitrogens is 2. The van der Waals surface area contributed by atoms with Crippen molar-refractivity contribution in [3.05, 3.63) is 36.3 Å². The lowest BCUT2D eigenvalue weighted by Gasteiger charge is -2.10. The number of hydrogen-bond donors (Lipinski definition) is 1. The van der Waals surface area contributed by atoms with Gasteiger partial charge in [0.15, 0.2) is 0 Å². The topological polar surface area (TPSA) is 43.8 Å². The van der Waals surface area contributed by atoms with Crippen LogP contribution in [0.2, 0.25) is 0 Å². The number of rotatable bonds is 1. The summed E-state index contributed by atoms with van der Waals surface area (Å²) in [6.07, 6.45) is -1.39. The monoisotopic (exact) mass is 241 g/mol. The number of benzene rings is 1. The fraction of sp³-hybridized carbons (Fsp3) is 0.182. The van der Waals surface area contributed by atoms with Crippen molar-refractivity contribution in [3.63, 3.8) is 0 Å². The molecule has 2 rings (SSSR count). The van der Waals surface area contributed by atoms with Gasteiger partial charge < -0.3 is 10.3 Å². The van der Waals surface area contributed by atoms with Gasteiger partial charge in [-0.1, -0.05) is 0 Å². The number of imidazole rings is 1. The molecule has 6 heteroatoms. The predicted molar refractivity (Wildman–Crippen MR) is 58.1 cm³/mol. The molecule has 0 unspecified atom stereocenters. The van der Waals surface area contributed by atoms with E-state index in [-0.39, 0.29) is 5.69 Å². The largest absolute Gasteiger partial charge is 0.416 e. The fourth-order valence-electron chi connectivity index (χ4n) is 1.60. The fourth-order valence-corrected chi connectivity index (χ4v) is 1.60. The number of alkyl halides is 3. The van der Waals surface area contributed by atoms with Crippen LogP contribution >= 0.6 is 0 Å². The average Bonchev–Trinajstić information content (AvgIpc) is 2.62. The van der Waals surface area contributed by atoms with Gasteiger partial charge in [0.1, 0.15) is 0 Å². The van der Waals surface area contributed by atoms with E-state index in [1.54, 1.807) is 11.6 Å². The van der Waals surface area contributed by atoms with Crippen LogP contribution in [0.15, 0.2) is 30.7 Å². The molecule has 0 amide bonds. The molecule has 0 aliphatic rings. The second-order valence-electron chi connectivity index (χ2n) is 3.73. The van der Waals surface area contributed by atoms with Crippen LogP contribution in [-0.4, -0.2) is 9.55 Å². The number of aryl methyl sites for hydroxylation is 1. The van der Waals surface area contributed by atoms with E-state index in [0.717, 1.165) is 12.1 Å². The highest BCUT2D eigenvalue weighted by molar-refractivity contribution is 5.65. The molecule has 0 aliphatic heterocycles. The first-order valence-electron chi connectivity index (χ1n) is 4.82. The van der Waals surface area contributed by atoms with Crippen LogP contribution < -0.4 is 5.73 Å². The van der Waals surface area contributed by atoms with Gasteiger partial charge in [-0.2, -0.15) is 13.2 Å². The van der Waals surface area contributed by atoms with Crippen LogP contribution in [0.1, 0.15) is 5.56 Å². The van der Waals surface area contributed by atoms with E-state index in [2.05, 4.69) is 4.98 Å². The van der Waals surface area contributed by atoms with E-state index < -0.39 is 11.7 Å². The van der Waals surface area contributed by atoms with Crippen molar-refractivity contribution in [1.82, 2.24) is 9.55 Å². The van der Waals surface area contributed by atoms with Crippen molar-refractivity contribution in [2.45, 2.75) is 6.18 Å². The lowest BCUT2D eigenvalue weighted by atomic mass is 10.1. The SMILES string of the molecule is Cn1cncc1-c1cc(N)cc(C(F)(F)F)c1. The smallest absolute Gasteiger partial charge is 0.399 e. The Bertz CT molecular complexity index is 543. The van der Waals surface area contributed by atoms with Gasteiger partial charge in [-0.25, -0.2) is 4.98 Å². The number of nitrogen functional groups attached to an aromatic ring is 1. The Morgan fingerprint density at radius 3 is 2.47 bits per heavy atom. The van der Waals surface area contributed by atoms with Crippen LogP contribution in [0, 0.1) is 0 Å². The standard InChI is InChI=1S/C11H10F3N3/c1-17-6-16-5-10(17)7-2-8(11(12,13)14)4-9(15)3-7/h2-6H,15H2,1H3. The zero-order valence-corrected chi connectivity index (χ0v) is 8.99. The molecule has 2 aromatic rings. The van der Waals surface area contributed by atoms with Crippen molar-refractivity contribution in [2.75, 3.05) is 5.73 Å². The van der Waals surface area contributed by atoms with Crippen molar-refractivity contribution < 1.29 is 13.2 Å². The molecule has 90 valence electrons. The van der Waals surface area contributed by atoms with Crippen molar-refractivity contribution >= 4 is 5.69 Å². The zero-order valence-electron chi connectivity index (χ0n) is 8.99. The van der Waals surface area contributed by atoms with Gasteiger partial charge in [-0.3, -0.25) is 0 Å². The normalized spacial score (nSPS) is 11.8. The third kappa shape index (κ3) is 2.25. The summed E-state index contributed by atoms with van der Waals surface area (Å²) in [5, 5.41) is 0. The summed E-state index contributed by atoms with van der Waals surface area (Å²) < 4.78 is 39.5. The highest BCUT2D eigenvalue weighted by atomic mass is 19.4. The molecule has 17 heavy (non-hydrogen) atoms. The number of nitrogens with zero attached hydrogens (tertiary/aromatic N) is 2. The first-order valence-corrected chi connectivity index (χ1v) is 4.82. The molecule has 0 saturated carbocycles. The Morgan fingerprint density at radius 2 is 1.94 bits per heavy atom. The van der Waals surface area contributed by atoms with E-state index >= 15 is 0 Å². The van der Waals surface area contributed by atoms with Crippen LogP contribution in [-0.2, 0) is 13.2 Å². The summed E-state index contributed by atoms with van der Waals surface area (Å²) in [7, 11) is 1.71. The second kappa shape index (κ2) is 3.80. The third-order valence-corrected chi connectivity index (χ3v) is 2.40. The molecule has 1 heterocycles. The van der Waals surface area contributed by atoms with E-state index in [1.165, 1.54) is 18.6 Å². The highest BCUT2D eigenvalue weighted by Crippen LogP contribution is 2.33. The molecule has 0 atom stereocenters. The molecule has 3 nitrogen and oxygen atoms in total. The molecule has 0 bridgehead atoms. The Labute approximate surface area is 95.7 Å². The summed E-state index contributed by atoms with van der Waals surface area (Å²) in [6, 6.07) is 3.47. The lowest BCUT2D eigenvalue weighted by Crippen LogP contribution is -2.06. The number of anilines is 1. The molecular formula is C11H10F3N3. The average molecular weight is 241 g/mol. The number of hydrogen-bond acceptors (Lipinski definition) is 2. The maximum absolute atomic E-state index is 12.6. The molecule has 0 saturated heterocycles. The van der Waals surface area contributed by atoms with Gasteiger partial charge >= 0.3 is 6.18 Å². The maximum Gasteiger partial charge on any atom is 0.416 e. The van der Waals surface area contributed by atoms with Crippen molar-refractivity contribution in [3.8, 4) is 11.3 Å². The Morgan fingerprint density at radius 1 is 1.24 bits per heavy atom. The van der Waals surface area contributed by atoms with Gasteiger partial charge in [-0.15, -0.1) is 0 Å². The van der Waals surface area contributed by atoms with Gasteiger partial charge in [0, 0.05) is 18.3 Å². The van der Waals surface area contributed by atoms with Crippen LogP contribution in [0.3, 0.4) is 0 Å². The minimum atomic E-state index is -4.40. The summed E-state index contributed by atoms with van der Waals surface area (Å²) in [5.41, 5.74) is 5.79. The minimum absolute atomic E-state index is 0.0797. The highest BCUT2D eigenvalue weighted by Gasteiger charge is 2.31. The van der Waals surface area contributed by atoms with Crippen LogP contribution in [0.5, 0.6) is 0 Å². The second-order valence-corrected chi connectivity index (χ2v) is 3.73. The molecule has 0 fully saturated rings. The molecule has 1 aromatic carbocycles. The van der Waals surface area contributed by atoms with Crippen molar-refractivity contribution in [1.29, 1.82) is 0 Å². The van der Waals surface area contributed by atoms with E-state index in [1.807, 2.05) is 0 Å². The van der Waals surface area contributed by atoms with Crippen LogP contribution in [0.25, 0.3) is 11.3 Å². The third-order valence-electron chi connectivity index (χ3n) is 2.40. The quantitative estimate of drug-likeness (QED) is 0.780. The number of nitrogens with two attached hydrogens (primary N) is 1. The van der Waals surface area contributed by atoms with E-state index in [4.69, 9.17) is 5.73 Å². The molecular weight excluding hydrogens is 231 g/mol. The first kappa shape index (κ1) is 11.5. The van der Waals surface area contributed by atoms with Gasteiger partial charge in [0.05, 0.1) is 23.8 Å². The number of halogens is 3. The minimum Gasteiger partial charge on any atom is -0.399 e. The van der Waals surface area contributed by atoms with Gasteiger partial charge in [-0.05, 0) is 18.2 Å². The lowest BCUT2D eigenvalue weighted by molar-refractivity contribution is -0.137. The summed E-state index contributed by atoms with van der Waals surface area (Å²) in [5.74, 6) is 0. The van der Waals surface area contributed by atoms with Gasteiger partial charge in [0.25, 0.3) is 0 Å². The molecule has 0 radical (unpaired) electrons. The van der Waals surface area contributed by atoms with Crippen LogP contribution in [0.4, 0.5) is 18.9 Å². The Kier molecular flexibility index (Phi) is 2.57. The first-order chi connectivity index (χ1) is 7.88. The molecule has 2 N–H and O–H groups in total. The summed E-state index contributed by atoms with van der Waals surface area (Å²) in [4.78, 5) is 3.86. The summed E-state index contributed by atoms with van der Waals surface area (Å²) >= 11 is 0. The molecule has 0 aliphatic carbocycles. The van der Waals surface area contributed by atoms with Gasteiger partial charge in [0.2, 0.25) is 0 Å².